The molecule has 0 saturated carbocycles. The predicted molar refractivity (Wildman–Crippen MR) is 117 cm³/mol. The Hall–Kier alpha value is -3.02. The maximum atomic E-state index is 12.3. The molecule has 2 aromatic rings. The smallest absolute Gasteiger partial charge is 0.309 e. The zero-order chi connectivity index (χ0) is 21.0. The molecule has 1 unspecified atom stereocenters. The van der Waals surface area contributed by atoms with Crippen LogP contribution < -0.4 is 20.4 Å². The molecule has 29 heavy (non-hydrogen) atoms. The van der Waals surface area contributed by atoms with Gasteiger partial charge in [0.1, 0.15) is 0 Å². The topological polar surface area (TPSA) is 64.7 Å². The van der Waals surface area contributed by atoms with E-state index in [0.29, 0.717) is 6.54 Å². The van der Waals surface area contributed by atoms with E-state index in [4.69, 9.17) is 0 Å². The number of hydrogen-bond donors (Lipinski definition) is 2. The van der Waals surface area contributed by atoms with Crippen molar-refractivity contribution in [1.29, 1.82) is 0 Å². The SMILES string of the molecule is CC(C)NC(=O)C(=O)NCC(c1ccc(N(C)C)cc1)N1CCc2ccccc21. The van der Waals surface area contributed by atoms with Crippen molar-refractivity contribution < 1.29 is 9.59 Å². The number of nitrogens with zero attached hydrogens (tertiary/aromatic N) is 2. The van der Waals surface area contributed by atoms with Crippen molar-refractivity contribution in [3.8, 4) is 0 Å². The van der Waals surface area contributed by atoms with E-state index in [-0.39, 0.29) is 12.1 Å². The van der Waals surface area contributed by atoms with E-state index in [2.05, 4.69) is 62.9 Å². The molecular formula is C23H30N4O2. The van der Waals surface area contributed by atoms with Gasteiger partial charge in [0.2, 0.25) is 0 Å². The van der Waals surface area contributed by atoms with Gasteiger partial charge in [-0.15, -0.1) is 0 Å². The number of carbonyl (C=O) groups excluding carboxylic acids is 2. The molecule has 2 N–H and O–H groups in total. The summed E-state index contributed by atoms with van der Waals surface area (Å²) in [6.07, 6.45) is 0.976. The largest absolute Gasteiger partial charge is 0.378 e. The van der Waals surface area contributed by atoms with Crippen LogP contribution in [0, 0.1) is 0 Å². The second-order valence-corrected chi connectivity index (χ2v) is 7.91. The highest BCUT2D eigenvalue weighted by molar-refractivity contribution is 6.35. The highest BCUT2D eigenvalue weighted by Crippen LogP contribution is 2.35. The van der Waals surface area contributed by atoms with Crippen LogP contribution in [0.3, 0.4) is 0 Å². The van der Waals surface area contributed by atoms with Crippen molar-refractivity contribution in [2.75, 3.05) is 37.0 Å². The standard InChI is InChI=1S/C23H30N4O2/c1-16(2)25-23(29)22(28)24-15-21(18-9-11-19(12-10-18)26(3)4)27-14-13-17-7-5-6-8-20(17)27/h5-12,16,21H,13-15H2,1-4H3,(H,24,28)(H,25,29). The van der Waals surface area contributed by atoms with Gasteiger partial charge in [0.15, 0.2) is 0 Å². The monoisotopic (exact) mass is 394 g/mol. The summed E-state index contributed by atoms with van der Waals surface area (Å²) in [7, 11) is 4.02. The van der Waals surface area contributed by atoms with E-state index in [9.17, 15) is 9.59 Å². The van der Waals surface area contributed by atoms with E-state index < -0.39 is 11.8 Å². The van der Waals surface area contributed by atoms with Gasteiger partial charge in [-0.3, -0.25) is 9.59 Å². The Kier molecular flexibility index (Phi) is 6.42. The lowest BCUT2D eigenvalue weighted by Crippen LogP contribution is -2.45. The minimum Gasteiger partial charge on any atom is -0.378 e. The normalized spacial score (nSPS) is 13.8. The average molecular weight is 395 g/mol. The van der Waals surface area contributed by atoms with Crippen LogP contribution in [0.2, 0.25) is 0 Å². The maximum absolute atomic E-state index is 12.3. The highest BCUT2D eigenvalue weighted by atomic mass is 16.2. The molecule has 2 aromatic carbocycles. The zero-order valence-corrected chi connectivity index (χ0v) is 17.6. The van der Waals surface area contributed by atoms with Crippen LogP contribution in [-0.2, 0) is 16.0 Å². The Morgan fingerprint density at radius 3 is 2.38 bits per heavy atom. The number of carbonyl (C=O) groups is 2. The molecule has 0 bridgehead atoms. The first-order chi connectivity index (χ1) is 13.9. The molecule has 1 aliphatic rings. The molecule has 1 heterocycles. The van der Waals surface area contributed by atoms with Crippen LogP contribution in [0.1, 0.15) is 31.0 Å². The Morgan fingerprint density at radius 1 is 1.03 bits per heavy atom. The van der Waals surface area contributed by atoms with Gasteiger partial charge in [0.05, 0.1) is 6.04 Å². The van der Waals surface area contributed by atoms with Crippen molar-refractivity contribution in [2.45, 2.75) is 32.4 Å². The third-order valence-electron chi connectivity index (χ3n) is 5.18. The summed E-state index contributed by atoms with van der Waals surface area (Å²) in [5.41, 5.74) is 4.73. The minimum atomic E-state index is -0.596. The maximum Gasteiger partial charge on any atom is 0.309 e. The number of anilines is 2. The van der Waals surface area contributed by atoms with Crippen molar-refractivity contribution in [3.05, 3.63) is 59.7 Å². The third kappa shape index (κ3) is 4.88. The fourth-order valence-corrected chi connectivity index (χ4v) is 3.69. The summed E-state index contributed by atoms with van der Waals surface area (Å²) >= 11 is 0. The quantitative estimate of drug-likeness (QED) is 0.739. The minimum absolute atomic E-state index is 0.0503. The number of benzene rings is 2. The van der Waals surface area contributed by atoms with E-state index in [0.717, 1.165) is 24.2 Å². The van der Waals surface area contributed by atoms with E-state index in [1.165, 1.54) is 11.3 Å². The number of rotatable bonds is 6. The van der Waals surface area contributed by atoms with Crippen LogP contribution in [-0.4, -0.2) is 45.0 Å². The van der Waals surface area contributed by atoms with Crippen LogP contribution in [0.5, 0.6) is 0 Å². The molecule has 3 rings (SSSR count). The number of hydrogen-bond acceptors (Lipinski definition) is 4. The van der Waals surface area contributed by atoms with Gasteiger partial charge in [0.25, 0.3) is 0 Å². The molecule has 6 nitrogen and oxygen atoms in total. The lowest BCUT2D eigenvalue weighted by molar-refractivity contribution is -0.139. The van der Waals surface area contributed by atoms with Crippen molar-refractivity contribution in [1.82, 2.24) is 10.6 Å². The first kappa shape index (κ1) is 20.7. The highest BCUT2D eigenvalue weighted by Gasteiger charge is 2.28. The Bertz CT molecular complexity index is 861. The lowest BCUT2D eigenvalue weighted by Gasteiger charge is -2.31. The van der Waals surface area contributed by atoms with Crippen molar-refractivity contribution in [2.24, 2.45) is 0 Å². The molecule has 1 atom stereocenters. The molecule has 0 saturated heterocycles. The molecule has 0 aliphatic carbocycles. The number of nitrogens with one attached hydrogen (secondary N) is 2. The number of para-hydroxylation sites is 1. The average Bonchev–Trinajstić information content (AvgIpc) is 3.12. The second kappa shape index (κ2) is 8.99. The zero-order valence-electron chi connectivity index (χ0n) is 17.6. The van der Waals surface area contributed by atoms with Gasteiger partial charge < -0.3 is 20.4 Å². The van der Waals surface area contributed by atoms with Gasteiger partial charge in [-0.25, -0.2) is 0 Å². The fraction of sp³-hybridized carbons (Fsp3) is 0.391. The first-order valence-electron chi connectivity index (χ1n) is 10.1. The Labute approximate surface area is 172 Å². The number of amides is 2. The van der Waals surface area contributed by atoms with Gasteiger partial charge in [-0.1, -0.05) is 30.3 Å². The van der Waals surface area contributed by atoms with E-state index in [1.807, 2.05) is 34.0 Å². The number of fused-ring (bicyclic) bond motifs is 1. The summed E-state index contributed by atoms with van der Waals surface area (Å²) in [4.78, 5) is 28.6. The summed E-state index contributed by atoms with van der Waals surface area (Å²) in [5.74, 6) is -1.19. The second-order valence-electron chi connectivity index (χ2n) is 7.91. The van der Waals surface area contributed by atoms with Crippen LogP contribution in [0.25, 0.3) is 0 Å². The lowest BCUT2D eigenvalue weighted by atomic mass is 10.0. The third-order valence-corrected chi connectivity index (χ3v) is 5.18. The molecule has 0 fully saturated rings. The van der Waals surface area contributed by atoms with Crippen LogP contribution >= 0.6 is 0 Å². The fourth-order valence-electron chi connectivity index (χ4n) is 3.69. The van der Waals surface area contributed by atoms with Gasteiger partial charge in [-0.05, 0) is 49.6 Å². The first-order valence-corrected chi connectivity index (χ1v) is 10.1. The van der Waals surface area contributed by atoms with E-state index in [1.54, 1.807) is 0 Å². The Balaban J connectivity index is 1.82. The van der Waals surface area contributed by atoms with Gasteiger partial charge >= 0.3 is 11.8 Å². The molecule has 0 radical (unpaired) electrons. The summed E-state index contributed by atoms with van der Waals surface area (Å²) in [6.45, 7) is 4.91. The molecule has 154 valence electrons. The molecule has 1 aliphatic heterocycles. The van der Waals surface area contributed by atoms with Crippen molar-refractivity contribution >= 4 is 23.2 Å². The van der Waals surface area contributed by atoms with Gasteiger partial charge in [0, 0.05) is 44.6 Å². The van der Waals surface area contributed by atoms with E-state index >= 15 is 0 Å². The predicted octanol–water partition coefficient (Wildman–Crippen LogP) is 2.50. The van der Waals surface area contributed by atoms with Crippen LogP contribution in [0.15, 0.2) is 48.5 Å². The summed E-state index contributed by atoms with van der Waals surface area (Å²) in [5, 5.41) is 5.47. The van der Waals surface area contributed by atoms with Crippen LogP contribution in [0.4, 0.5) is 11.4 Å². The summed E-state index contributed by atoms with van der Waals surface area (Å²) < 4.78 is 0. The van der Waals surface area contributed by atoms with Gasteiger partial charge in [-0.2, -0.15) is 0 Å². The molecule has 0 spiro atoms. The molecule has 6 heteroatoms. The summed E-state index contributed by atoms with van der Waals surface area (Å²) in [6, 6.07) is 16.6. The molecule has 0 aromatic heterocycles. The molecular weight excluding hydrogens is 364 g/mol. The Morgan fingerprint density at radius 2 is 1.72 bits per heavy atom. The van der Waals surface area contributed by atoms with Crippen molar-refractivity contribution in [3.63, 3.8) is 0 Å². The molecule has 2 amide bonds.